The third-order valence-electron chi connectivity index (χ3n) is 3.10. The van der Waals surface area contributed by atoms with Gasteiger partial charge in [-0.1, -0.05) is 20.8 Å². The van der Waals surface area contributed by atoms with Crippen molar-refractivity contribution < 1.29 is 0 Å². The van der Waals surface area contributed by atoms with Crippen LogP contribution in [0.5, 0.6) is 0 Å². The Bertz CT molecular complexity index is 342. The topological polar surface area (TPSA) is 40.7 Å². The van der Waals surface area contributed by atoms with Gasteiger partial charge in [0.2, 0.25) is 0 Å². The van der Waals surface area contributed by atoms with Crippen molar-refractivity contribution in [1.29, 1.82) is 0 Å². The van der Waals surface area contributed by atoms with Crippen molar-refractivity contribution in [2.24, 2.45) is 0 Å². The average Bonchev–Trinajstić information content (AvgIpc) is 2.66. The van der Waals surface area contributed by atoms with Crippen molar-refractivity contribution in [3.63, 3.8) is 0 Å². The molecule has 0 spiro atoms. The van der Waals surface area contributed by atoms with Gasteiger partial charge in [-0.2, -0.15) is 5.10 Å². The summed E-state index contributed by atoms with van der Waals surface area (Å²) < 4.78 is 0. The second-order valence-corrected chi connectivity index (χ2v) is 5.94. The molecule has 2 N–H and O–H groups in total. The fourth-order valence-corrected chi connectivity index (χ4v) is 1.51. The molecule has 1 aromatic rings. The van der Waals surface area contributed by atoms with Crippen LogP contribution < -0.4 is 5.32 Å². The molecule has 1 aromatic heterocycles. The van der Waals surface area contributed by atoms with Crippen LogP contribution in [0.2, 0.25) is 0 Å². The Kier molecular flexibility index (Phi) is 2.38. The summed E-state index contributed by atoms with van der Waals surface area (Å²) in [6.07, 6.45) is 2.60. The molecule has 0 aliphatic heterocycles. The molecule has 0 unspecified atom stereocenters. The van der Waals surface area contributed by atoms with Gasteiger partial charge in [-0.05, 0) is 25.8 Å². The molecule has 0 aromatic carbocycles. The molecule has 0 atom stereocenters. The third kappa shape index (κ3) is 2.59. The highest BCUT2D eigenvalue weighted by atomic mass is 15.1. The van der Waals surface area contributed by atoms with E-state index in [0.717, 1.165) is 12.2 Å². The van der Waals surface area contributed by atoms with Gasteiger partial charge in [0.1, 0.15) is 0 Å². The van der Waals surface area contributed by atoms with Crippen molar-refractivity contribution in [1.82, 2.24) is 15.5 Å². The number of nitrogens with one attached hydrogen (secondary N) is 2. The lowest BCUT2D eigenvalue weighted by atomic mass is 9.92. The molecule has 1 saturated carbocycles. The highest BCUT2D eigenvalue weighted by molar-refractivity contribution is 5.16. The largest absolute Gasteiger partial charge is 0.306 e. The zero-order chi connectivity index (χ0) is 11.1. The average molecular weight is 207 g/mol. The minimum Gasteiger partial charge on any atom is -0.306 e. The van der Waals surface area contributed by atoms with Crippen molar-refractivity contribution in [3.8, 4) is 0 Å². The Morgan fingerprint density at radius 2 is 2.13 bits per heavy atom. The molecule has 1 fully saturated rings. The first-order valence-electron chi connectivity index (χ1n) is 5.69. The minimum absolute atomic E-state index is 0.137. The summed E-state index contributed by atoms with van der Waals surface area (Å²) in [4.78, 5) is 0. The van der Waals surface area contributed by atoms with Crippen LogP contribution in [0.3, 0.4) is 0 Å². The monoisotopic (exact) mass is 207 g/mol. The first kappa shape index (κ1) is 10.7. The summed E-state index contributed by atoms with van der Waals surface area (Å²) >= 11 is 0. The maximum absolute atomic E-state index is 4.34. The van der Waals surface area contributed by atoms with Crippen LogP contribution in [0.1, 0.15) is 51.9 Å². The number of hydrogen-bond acceptors (Lipinski definition) is 2. The fourth-order valence-electron chi connectivity index (χ4n) is 1.51. The van der Waals surface area contributed by atoms with E-state index in [0.29, 0.717) is 5.54 Å². The highest BCUT2D eigenvalue weighted by Gasteiger charge is 2.36. The van der Waals surface area contributed by atoms with E-state index in [-0.39, 0.29) is 5.41 Å². The van der Waals surface area contributed by atoms with Crippen molar-refractivity contribution in [2.45, 2.75) is 58.0 Å². The van der Waals surface area contributed by atoms with E-state index < -0.39 is 0 Å². The van der Waals surface area contributed by atoms with Gasteiger partial charge in [-0.25, -0.2) is 0 Å². The maximum Gasteiger partial charge on any atom is 0.0678 e. The molecule has 0 bridgehead atoms. The predicted molar refractivity (Wildman–Crippen MR) is 61.8 cm³/mol. The highest BCUT2D eigenvalue weighted by Crippen LogP contribution is 2.34. The number of H-pyrrole nitrogens is 1. The van der Waals surface area contributed by atoms with Crippen LogP contribution in [-0.4, -0.2) is 15.7 Å². The summed E-state index contributed by atoms with van der Waals surface area (Å²) in [6.45, 7) is 9.72. The van der Waals surface area contributed by atoms with Crippen molar-refractivity contribution >= 4 is 0 Å². The summed E-state index contributed by atoms with van der Waals surface area (Å²) in [5, 5.41) is 11.0. The van der Waals surface area contributed by atoms with E-state index in [1.165, 1.54) is 18.5 Å². The van der Waals surface area contributed by atoms with Gasteiger partial charge in [0.05, 0.1) is 5.69 Å². The van der Waals surface area contributed by atoms with Gasteiger partial charge in [-0.15, -0.1) is 0 Å². The van der Waals surface area contributed by atoms with E-state index in [2.05, 4.69) is 49.3 Å². The van der Waals surface area contributed by atoms with Crippen molar-refractivity contribution in [2.75, 3.05) is 0 Å². The molecule has 1 aliphatic carbocycles. The molecule has 0 amide bonds. The van der Waals surface area contributed by atoms with E-state index in [1.54, 1.807) is 0 Å². The number of nitrogens with zero attached hydrogens (tertiary/aromatic N) is 1. The lowest BCUT2D eigenvalue weighted by Crippen LogP contribution is -2.27. The first-order valence-corrected chi connectivity index (χ1v) is 5.69. The predicted octanol–water partition coefficient (Wildman–Crippen LogP) is 2.35. The van der Waals surface area contributed by atoms with Gasteiger partial charge in [0, 0.05) is 23.2 Å². The van der Waals surface area contributed by atoms with E-state index >= 15 is 0 Å². The minimum atomic E-state index is 0.137. The van der Waals surface area contributed by atoms with Crippen LogP contribution in [0, 0.1) is 0 Å². The Morgan fingerprint density at radius 3 is 2.60 bits per heavy atom. The summed E-state index contributed by atoms with van der Waals surface area (Å²) in [5.41, 5.74) is 2.86. The Labute approximate surface area is 91.7 Å². The standard InChI is InChI=1S/C12H21N3/c1-11(2,3)10-7-9(14-15-10)8-13-12(4)5-6-12/h7,13H,5-6,8H2,1-4H3,(H,14,15). The zero-order valence-electron chi connectivity index (χ0n) is 10.1. The Morgan fingerprint density at radius 1 is 1.47 bits per heavy atom. The zero-order valence-corrected chi connectivity index (χ0v) is 10.1. The smallest absolute Gasteiger partial charge is 0.0678 e. The van der Waals surface area contributed by atoms with Gasteiger partial charge >= 0.3 is 0 Å². The molecular weight excluding hydrogens is 186 g/mol. The molecule has 3 nitrogen and oxygen atoms in total. The molecule has 1 aliphatic rings. The van der Waals surface area contributed by atoms with Gasteiger partial charge in [0.15, 0.2) is 0 Å². The summed E-state index contributed by atoms with van der Waals surface area (Å²) in [6, 6.07) is 2.17. The quantitative estimate of drug-likeness (QED) is 0.798. The van der Waals surface area contributed by atoms with Gasteiger partial charge in [0.25, 0.3) is 0 Å². The van der Waals surface area contributed by atoms with Crippen LogP contribution >= 0.6 is 0 Å². The second kappa shape index (κ2) is 3.34. The molecule has 15 heavy (non-hydrogen) atoms. The molecular formula is C12H21N3. The Balaban J connectivity index is 1.95. The van der Waals surface area contributed by atoms with Crippen LogP contribution in [-0.2, 0) is 12.0 Å². The maximum atomic E-state index is 4.34. The van der Waals surface area contributed by atoms with Gasteiger partial charge < -0.3 is 5.32 Å². The molecule has 0 saturated heterocycles. The molecule has 2 rings (SSSR count). The van der Waals surface area contributed by atoms with Crippen LogP contribution in [0.15, 0.2) is 6.07 Å². The first-order chi connectivity index (χ1) is 6.89. The van der Waals surface area contributed by atoms with Gasteiger partial charge in [-0.3, -0.25) is 5.10 Å². The Hall–Kier alpha value is -0.830. The number of hydrogen-bond donors (Lipinski definition) is 2. The lowest BCUT2D eigenvalue weighted by molar-refractivity contribution is 0.531. The van der Waals surface area contributed by atoms with Crippen molar-refractivity contribution in [3.05, 3.63) is 17.5 Å². The van der Waals surface area contributed by atoms with E-state index in [9.17, 15) is 0 Å². The van der Waals surface area contributed by atoms with E-state index in [1.807, 2.05) is 0 Å². The lowest BCUT2D eigenvalue weighted by Gasteiger charge is -2.13. The fraction of sp³-hybridized carbons (Fsp3) is 0.750. The molecule has 1 heterocycles. The SMILES string of the molecule is CC1(NCc2cc(C(C)(C)C)n[nH]2)CC1. The number of aromatic amines is 1. The molecule has 3 heteroatoms. The summed E-state index contributed by atoms with van der Waals surface area (Å²) in [7, 11) is 0. The summed E-state index contributed by atoms with van der Waals surface area (Å²) in [5.74, 6) is 0. The molecule has 84 valence electrons. The number of rotatable bonds is 3. The number of aromatic nitrogens is 2. The van der Waals surface area contributed by atoms with Crippen LogP contribution in [0.4, 0.5) is 0 Å². The second-order valence-electron chi connectivity index (χ2n) is 5.94. The van der Waals surface area contributed by atoms with Crippen LogP contribution in [0.25, 0.3) is 0 Å². The normalized spacial score (nSPS) is 19.2. The molecule has 0 radical (unpaired) electrons. The third-order valence-corrected chi connectivity index (χ3v) is 3.10. The van der Waals surface area contributed by atoms with E-state index in [4.69, 9.17) is 0 Å².